The van der Waals surface area contributed by atoms with Gasteiger partial charge in [-0.3, -0.25) is 0 Å². The number of sulfonamides is 1. The highest BCUT2D eigenvalue weighted by Gasteiger charge is 2.21. The molecule has 1 saturated heterocycles. The number of halogens is 2. The first-order valence-electron chi connectivity index (χ1n) is 6.00. The molecule has 1 aliphatic heterocycles. The lowest BCUT2D eigenvalue weighted by Gasteiger charge is -2.12. The fourth-order valence-corrected chi connectivity index (χ4v) is 3.46. The van der Waals surface area contributed by atoms with E-state index >= 15 is 0 Å². The van der Waals surface area contributed by atoms with Gasteiger partial charge in [0, 0.05) is 23.7 Å². The molecule has 1 atom stereocenters. The fourth-order valence-electron chi connectivity index (χ4n) is 1.94. The largest absolute Gasteiger partial charge is 0.377 e. The van der Waals surface area contributed by atoms with E-state index in [1.807, 2.05) is 0 Å². The van der Waals surface area contributed by atoms with Crippen molar-refractivity contribution >= 4 is 21.6 Å². The molecule has 0 spiro atoms. The van der Waals surface area contributed by atoms with Crippen molar-refractivity contribution in [3.63, 3.8) is 0 Å². The number of nitrogens with one attached hydrogen (secondary N) is 1. The molecule has 0 aliphatic carbocycles. The van der Waals surface area contributed by atoms with E-state index in [1.165, 1.54) is 18.2 Å². The van der Waals surface area contributed by atoms with Crippen LogP contribution in [0.3, 0.4) is 0 Å². The van der Waals surface area contributed by atoms with Crippen molar-refractivity contribution < 1.29 is 17.5 Å². The Bertz CT molecular complexity index is 524. The zero-order valence-electron chi connectivity index (χ0n) is 10.2. The second-order valence-electron chi connectivity index (χ2n) is 4.44. The molecule has 106 valence electrons. The van der Waals surface area contributed by atoms with E-state index in [2.05, 4.69) is 4.72 Å². The number of benzene rings is 1. The van der Waals surface area contributed by atoms with Gasteiger partial charge in [-0.25, -0.2) is 17.5 Å². The third-order valence-electron chi connectivity index (χ3n) is 2.95. The lowest BCUT2D eigenvalue weighted by Crippen LogP contribution is -2.32. The molecule has 1 aliphatic rings. The molecule has 4 nitrogen and oxygen atoms in total. The first-order valence-corrected chi connectivity index (χ1v) is 8.03. The van der Waals surface area contributed by atoms with E-state index in [0.29, 0.717) is 6.61 Å². The molecule has 1 N–H and O–H groups in total. The van der Waals surface area contributed by atoms with E-state index in [4.69, 9.17) is 16.3 Å². The topological polar surface area (TPSA) is 55.4 Å². The molecular weight excluding hydrogens is 293 g/mol. The van der Waals surface area contributed by atoms with Crippen molar-refractivity contribution in [3.05, 3.63) is 34.6 Å². The lowest BCUT2D eigenvalue weighted by atomic mass is 10.2. The SMILES string of the molecule is O=S(=O)(Cc1c(F)cccc1Cl)NCC1CCCO1. The summed E-state index contributed by atoms with van der Waals surface area (Å²) < 4.78 is 45.0. The highest BCUT2D eigenvalue weighted by Crippen LogP contribution is 2.21. The van der Waals surface area contributed by atoms with Crippen molar-refractivity contribution in [3.8, 4) is 0 Å². The van der Waals surface area contributed by atoms with Crippen LogP contribution in [-0.2, 0) is 20.5 Å². The zero-order valence-corrected chi connectivity index (χ0v) is 11.8. The van der Waals surface area contributed by atoms with E-state index < -0.39 is 21.6 Å². The van der Waals surface area contributed by atoms with Gasteiger partial charge in [0.15, 0.2) is 0 Å². The van der Waals surface area contributed by atoms with Crippen molar-refractivity contribution in [1.82, 2.24) is 4.72 Å². The maximum Gasteiger partial charge on any atom is 0.216 e. The monoisotopic (exact) mass is 307 g/mol. The normalized spacial score (nSPS) is 19.8. The van der Waals surface area contributed by atoms with Crippen molar-refractivity contribution in [2.45, 2.75) is 24.7 Å². The Morgan fingerprint density at radius 2 is 2.26 bits per heavy atom. The minimum Gasteiger partial charge on any atom is -0.377 e. The minimum absolute atomic E-state index is 0.0102. The first kappa shape index (κ1) is 14.7. The van der Waals surface area contributed by atoms with E-state index in [9.17, 15) is 12.8 Å². The Labute approximate surface area is 117 Å². The number of ether oxygens (including phenoxy) is 1. The van der Waals surface area contributed by atoms with Crippen LogP contribution >= 0.6 is 11.6 Å². The van der Waals surface area contributed by atoms with E-state index in [1.54, 1.807) is 0 Å². The summed E-state index contributed by atoms with van der Waals surface area (Å²) in [4.78, 5) is 0. The summed E-state index contributed by atoms with van der Waals surface area (Å²) in [6.45, 7) is 0.875. The molecule has 0 bridgehead atoms. The highest BCUT2D eigenvalue weighted by atomic mass is 35.5. The predicted molar refractivity (Wildman–Crippen MR) is 71.0 cm³/mol. The van der Waals surface area contributed by atoms with Crippen molar-refractivity contribution in [2.75, 3.05) is 13.2 Å². The fraction of sp³-hybridized carbons (Fsp3) is 0.500. The van der Waals surface area contributed by atoms with Gasteiger partial charge in [-0.15, -0.1) is 0 Å². The van der Waals surface area contributed by atoms with Gasteiger partial charge >= 0.3 is 0 Å². The molecule has 1 heterocycles. The van der Waals surface area contributed by atoms with Gasteiger partial charge in [-0.2, -0.15) is 0 Å². The van der Waals surface area contributed by atoms with E-state index in [0.717, 1.165) is 12.8 Å². The molecule has 0 amide bonds. The Kier molecular flexibility index (Phi) is 4.78. The van der Waals surface area contributed by atoms with Crippen LogP contribution in [0.1, 0.15) is 18.4 Å². The molecule has 0 radical (unpaired) electrons. The molecule has 19 heavy (non-hydrogen) atoms. The first-order chi connectivity index (χ1) is 8.98. The molecule has 1 fully saturated rings. The molecule has 1 aromatic rings. The molecular formula is C12H15ClFNO3S. The number of hydrogen-bond donors (Lipinski definition) is 1. The van der Waals surface area contributed by atoms with Crippen LogP contribution in [0.15, 0.2) is 18.2 Å². The van der Waals surface area contributed by atoms with Gasteiger partial charge in [-0.05, 0) is 25.0 Å². The van der Waals surface area contributed by atoms with Gasteiger partial charge in [0.05, 0.1) is 11.9 Å². The molecule has 1 aromatic carbocycles. The van der Waals surface area contributed by atoms with Crippen LogP contribution in [0.2, 0.25) is 5.02 Å². The standard InChI is InChI=1S/C12H15ClFNO3S/c13-11-4-1-5-12(14)10(11)8-19(16,17)15-7-9-3-2-6-18-9/h1,4-5,9,15H,2-3,6-8H2. The molecule has 7 heteroatoms. The summed E-state index contributed by atoms with van der Waals surface area (Å²) >= 11 is 5.81. The third kappa shape index (κ3) is 4.14. The van der Waals surface area contributed by atoms with Gasteiger partial charge < -0.3 is 4.74 Å². The lowest BCUT2D eigenvalue weighted by molar-refractivity contribution is 0.114. The Morgan fingerprint density at radius 3 is 2.89 bits per heavy atom. The van der Waals surface area contributed by atoms with Crippen LogP contribution < -0.4 is 4.72 Å². The van der Waals surface area contributed by atoms with Gasteiger partial charge in [0.2, 0.25) is 10.0 Å². The van der Waals surface area contributed by atoms with Crippen LogP contribution in [-0.4, -0.2) is 27.7 Å². The minimum atomic E-state index is -3.62. The quantitative estimate of drug-likeness (QED) is 0.906. The summed E-state index contributed by atoms with van der Waals surface area (Å²) in [5.41, 5.74) is -0.0102. The van der Waals surface area contributed by atoms with Crippen molar-refractivity contribution in [2.24, 2.45) is 0 Å². The maximum absolute atomic E-state index is 13.5. The van der Waals surface area contributed by atoms with Crippen LogP contribution in [0.5, 0.6) is 0 Å². The molecule has 0 aromatic heterocycles. The van der Waals surface area contributed by atoms with Crippen LogP contribution in [0, 0.1) is 5.82 Å². The zero-order chi connectivity index (χ0) is 13.9. The molecule has 1 unspecified atom stereocenters. The van der Waals surface area contributed by atoms with Gasteiger partial charge in [-0.1, -0.05) is 17.7 Å². The summed E-state index contributed by atoms with van der Waals surface area (Å²) in [6, 6.07) is 4.10. The van der Waals surface area contributed by atoms with Gasteiger partial charge in [0.1, 0.15) is 5.82 Å². The average Bonchev–Trinajstić information content (AvgIpc) is 2.85. The number of hydrogen-bond acceptors (Lipinski definition) is 3. The summed E-state index contributed by atoms with van der Waals surface area (Å²) in [7, 11) is -3.62. The van der Waals surface area contributed by atoms with Crippen LogP contribution in [0.25, 0.3) is 0 Å². The third-order valence-corrected chi connectivity index (χ3v) is 4.58. The summed E-state index contributed by atoms with van der Waals surface area (Å²) in [5.74, 6) is -1.08. The average molecular weight is 308 g/mol. The van der Waals surface area contributed by atoms with Crippen molar-refractivity contribution in [1.29, 1.82) is 0 Å². The number of rotatable bonds is 5. The Balaban J connectivity index is 2.00. The van der Waals surface area contributed by atoms with Gasteiger partial charge in [0.25, 0.3) is 0 Å². The second kappa shape index (κ2) is 6.17. The highest BCUT2D eigenvalue weighted by molar-refractivity contribution is 7.88. The Hall–Kier alpha value is -0.690. The Morgan fingerprint density at radius 1 is 1.47 bits per heavy atom. The summed E-state index contributed by atoms with van der Waals surface area (Å²) in [6.07, 6.45) is 1.68. The maximum atomic E-state index is 13.5. The van der Waals surface area contributed by atoms with Crippen LogP contribution in [0.4, 0.5) is 4.39 Å². The predicted octanol–water partition coefficient (Wildman–Crippen LogP) is 2.08. The smallest absolute Gasteiger partial charge is 0.216 e. The second-order valence-corrected chi connectivity index (χ2v) is 6.66. The summed E-state index contributed by atoms with van der Waals surface area (Å²) in [5, 5.41) is 0.113. The molecule has 0 saturated carbocycles. The van der Waals surface area contributed by atoms with E-state index in [-0.39, 0.29) is 23.2 Å². The molecule has 2 rings (SSSR count).